The highest BCUT2D eigenvalue weighted by atomic mass is 79.9. The van der Waals surface area contributed by atoms with Crippen LogP contribution in [0.3, 0.4) is 0 Å². The maximum Gasteiger partial charge on any atom is 0.266 e. The van der Waals surface area contributed by atoms with Gasteiger partial charge in [0.2, 0.25) is 0 Å². The lowest BCUT2D eigenvalue weighted by atomic mass is 10.2. The molecule has 0 saturated carbocycles. The number of amides is 1. The standard InChI is InChI=1S/C19H16BrClN2OS/c1-2-10-23-18(24)17(12-13-4-3-5-14(20)11-13)25-19(23)22-16-8-6-15(21)7-9-16/h3-9,11-12H,2,10H2,1H3/b17-12-,22-19?. The molecule has 1 fully saturated rings. The van der Waals surface area contributed by atoms with Crippen LogP contribution in [0.5, 0.6) is 0 Å². The molecule has 6 heteroatoms. The molecule has 2 aromatic carbocycles. The highest BCUT2D eigenvalue weighted by molar-refractivity contribution is 9.10. The van der Waals surface area contributed by atoms with Crippen molar-refractivity contribution in [2.45, 2.75) is 13.3 Å². The molecule has 0 unspecified atom stereocenters. The summed E-state index contributed by atoms with van der Waals surface area (Å²) >= 11 is 10.8. The number of amidine groups is 1. The fraction of sp³-hybridized carbons (Fsp3) is 0.158. The molecule has 1 amide bonds. The van der Waals surface area contributed by atoms with Crippen LogP contribution in [0.25, 0.3) is 6.08 Å². The van der Waals surface area contributed by atoms with Crippen molar-refractivity contribution in [3.63, 3.8) is 0 Å². The molecule has 0 bridgehead atoms. The van der Waals surface area contributed by atoms with Gasteiger partial charge in [-0.2, -0.15) is 0 Å². The second-order valence-electron chi connectivity index (χ2n) is 5.49. The summed E-state index contributed by atoms with van der Waals surface area (Å²) in [6.07, 6.45) is 2.78. The summed E-state index contributed by atoms with van der Waals surface area (Å²) in [5.41, 5.74) is 1.76. The topological polar surface area (TPSA) is 32.7 Å². The molecule has 1 aliphatic rings. The van der Waals surface area contributed by atoms with Gasteiger partial charge in [0.15, 0.2) is 5.17 Å². The van der Waals surface area contributed by atoms with Crippen molar-refractivity contribution in [1.29, 1.82) is 0 Å². The number of nitrogens with zero attached hydrogens (tertiary/aromatic N) is 2. The van der Waals surface area contributed by atoms with Gasteiger partial charge in [-0.3, -0.25) is 9.69 Å². The molecule has 0 radical (unpaired) electrons. The number of halogens is 2. The third-order valence-electron chi connectivity index (χ3n) is 3.53. The monoisotopic (exact) mass is 434 g/mol. The van der Waals surface area contributed by atoms with E-state index in [4.69, 9.17) is 11.6 Å². The van der Waals surface area contributed by atoms with Crippen molar-refractivity contribution in [2.24, 2.45) is 4.99 Å². The van der Waals surface area contributed by atoms with Crippen molar-refractivity contribution in [1.82, 2.24) is 4.90 Å². The van der Waals surface area contributed by atoms with Crippen molar-refractivity contribution in [3.05, 3.63) is 68.5 Å². The Kier molecular flexibility index (Phi) is 5.99. The first-order valence-corrected chi connectivity index (χ1v) is 9.87. The van der Waals surface area contributed by atoms with E-state index in [1.54, 1.807) is 17.0 Å². The molecular weight excluding hydrogens is 420 g/mol. The maximum atomic E-state index is 12.8. The zero-order valence-electron chi connectivity index (χ0n) is 13.6. The zero-order valence-corrected chi connectivity index (χ0v) is 16.7. The van der Waals surface area contributed by atoms with E-state index in [-0.39, 0.29) is 5.91 Å². The Morgan fingerprint density at radius 2 is 2.00 bits per heavy atom. The first-order valence-electron chi connectivity index (χ1n) is 7.88. The van der Waals surface area contributed by atoms with Crippen molar-refractivity contribution in [2.75, 3.05) is 6.54 Å². The second-order valence-corrected chi connectivity index (χ2v) is 7.85. The van der Waals surface area contributed by atoms with Gasteiger partial charge in [-0.25, -0.2) is 4.99 Å². The van der Waals surface area contributed by atoms with Gasteiger partial charge in [-0.1, -0.05) is 46.6 Å². The molecule has 3 rings (SSSR count). The van der Waals surface area contributed by atoms with Crippen LogP contribution in [0.15, 0.2) is 62.9 Å². The van der Waals surface area contributed by atoms with Gasteiger partial charge in [-0.05, 0) is 66.2 Å². The highest BCUT2D eigenvalue weighted by Crippen LogP contribution is 2.34. The number of aliphatic imine (C=N–C) groups is 1. The molecule has 2 aromatic rings. The van der Waals surface area contributed by atoms with E-state index in [0.717, 1.165) is 22.1 Å². The van der Waals surface area contributed by atoms with Gasteiger partial charge >= 0.3 is 0 Å². The van der Waals surface area contributed by atoms with Gasteiger partial charge in [-0.15, -0.1) is 0 Å². The predicted molar refractivity (Wildman–Crippen MR) is 110 cm³/mol. The third kappa shape index (κ3) is 4.54. The molecule has 3 nitrogen and oxygen atoms in total. The molecule has 1 heterocycles. The summed E-state index contributed by atoms with van der Waals surface area (Å²) in [5.74, 6) is -0.000427. The van der Waals surface area contributed by atoms with Crippen LogP contribution < -0.4 is 0 Å². The van der Waals surface area contributed by atoms with E-state index in [2.05, 4.69) is 20.9 Å². The lowest BCUT2D eigenvalue weighted by Crippen LogP contribution is -2.29. The predicted octanol–water partition coefficient (Wildman–Crippen LogP) is 6.12. The minimum atomic E-state index is -0.000427. The molecule has 1 saturated heterocycles. The average Bonchev–Trinajstić information content (AvgIpc) is 2.86. The molecule has 1 aliphatic heterocycles. The summed E-state index contributed by atoms with van der Waals surface area (Å²) in [5, 5.41) is 1.37. The summed E-state index contributed by atoms with van der Waals surface area (Å²) in [4.78, 5) is 19.8. The number of benzene rings is 2. The first-order chi connectivity index (χ1) is 12.1. The lowest BCUT2D eigenvalue weighted by molar-refractivity contribution is -0.122. The number of hydrogen-bond acceptors (Lipinski definition) is 3. The Balaban J connectivity index is 1.93. The second kappa shape index (κ2) is 8.21. The van der Waals surface area contributed by atoms with E-state index in [9.17, 15) is 4.79 Å². The SMILES string of the molecule is CCCN1C(=O)/C(=C/c2cccc(Br)c2)SC1=Nc1ccc(Cl)cc1. The fourth-order valence-electron chi connectivity index (χ4n) is 2.39. The van der Waals surface area contributed by atoms with Gasteiger partial charge < -0.3 is 0 Å². The van der Waals surface area contributed by atoms with Crippen LogP contribution in [0, 0.1) is 0 Å². The zero-order chi connectivity index (χ0) is 17.8. The third-order valence-corrected chi connectivity index (χ3v) is 5.28. The van der Waals surface area contributed by atoms with E-state index in [1.807, 2.05) is 49.4 Å². The van der Waals surface area contributed by atoms with Crippen molar-refractivity contribution >= 4 is 62.1 Å². The van der Waals surface area contributed by atoms with Crippen LogP contribution in [0.4, 0.5) is 5.69 Å². The van der Waals surface area contributed by atoms with Gasteiger partial charge in [0.05, 0.1) is 10.6 Å². The molecule has 0 N–H and O–H groups in total. The molecule has 0 aromatic heterocycles. The highest BCUT2D eigenvalue weighted by Gasteiger charge is 2.32. The number of carbonyl (C=O) groups is 1. The van der Waals surface area contributed by atoms with E-state index in [0.29, 0.717) is 21.6 Å². The van der Waals surface area contributed by atoms with Crippen LogP contribution in [-0.4, -0.2) is 22.5 Å². The number of hydrogen-bond donors (Lipinski definition) is 0. The largest absolute Gasteiger partial charge is 0.286 e. The molecule has 0 aliphatic carbocycles. The van der Waals surface area contributed by atoms with Crippen molar-refractivity contribution in [3.8, 4) is 0 Å². The minimum Gasteiger partial charge on any atom is -0.286 e. The van der Waals surface area contributed by atoms with E-state index < -0.39 is 0 Å². The summed E-state index contributed by atoms with van der Waals surface area (Å²) in [6, 6.07) is 15.2. The van der Waals surface area contributed by atoms with E-state index in [1.165, 1.54) is 11.8 Å². The molecule has 25 heavy (non-hydrogen) atoms. The van der Waals surface area contributed by atoms with Crippen LogP contribution in [0.2, 0.25) is 5.02 Å². The Hall–Kier alpha value is -1.56. The van der Waals surface area contributed by atoms with Gasteiger partial charge in [0, 0.05) is 16.0 Å². The Morgan fingerprint density at radius 3 is 2.68 bits per heavy atom. The van der Waals surface area contributed by atoms with Crippen LogP contribution >= 0.6 is 39.3 Å². The van der Waals surface area contributed by atoms with E-state index >= 15 is 0 Å². The normalized spacial score (nSPS) is 17.7. The molecule has 0 spiro atoms. The fourth-order valence-corrected chi connectivity index (χ4v) is 3.95. The first kappa shape index (κ1) is 18.2. The molecular formula is C19H16BrClN2OS. The molecule has 128 valence electrons. The average molecular weight is 436 g/mol. The Bertz CT molecular complexity index is 849. The smallest absolute Gasteiger partial charge is 0.266 e. The maximum absolute atomic E-state index is 12.8. The Labute approximate surface area is 164 Å². The van der Waals surface area contributed by atoms with Crippen LogP contribution in [-0.2, 0) is 4.79 Å². The summed E-state index contributed by atoms with van der Waals surface area (Å²) in [7, 11) is 0. The summed E-state index contributed by atoms with van der Waals surface area (Å²) < 4.78 is 0.984. The summed E-state index contributed by atoms with van der Waals surface area (Å²) in [6.45, 7) is 2.70. The quantitative estimate of drug-likeness (QED) is 0.542. The van der Waals surface area contributed by atoms with Gasteiger partial charge in [0.1, 0.15) is 0 Å². The van der Waals surface area contributed by atoms with Crippen LogP contribution in [0.1, 0.15) is 18.9 Å². The van der Waals surface area contributed by atoms with Crippen molar-refractivity contribution < 1.29 is 4.79 Å². The number of rotatable bonds is 4. The Morgan fingerprint density at radius 1 is 1.24 bits per heavy atom. The number of carbonyl (C=O) groups excluding carboxylic acids is 1. The van der Waals surface area contributed by atoms with Gasteiger partial charge in [0.25, 0.3) is 5.91 Å². The minimum absolute atomic E-state index is 0.000427. The molecule has 0 atom stereocenters. The lowest BCUT2D eigenvalue weighted by Gasteiger charge is -2.13. The number of thioether (sulfide) groups is 1.